The Labute approximate surface area is 109 Å². The summed E-state index contributed by atoms with van der Waals surface area (Å²) in [7, 11) is 0. The third-order valence-electron chi connectivity index (χ3n) is 1.99. The molecule has 1 N–H and O–H groups in total. The quantitative estimate of drug-likeness (QED) is 0.772. The van der Waals surface area contributed by atoms with E-state index in [0.717, 1.165) is 18.1 Å². The van der Waals surface area contributed by atoms with Crippen molar-refractivity contribution >= 4 is 39.8 Å². The molecule has 88 valence electrons. The van der Waals surface area contributed by atoms with E-state index < -0.39 is 0 Å². The Morgan fingerprint density at radius 2 is 2.31 bits per heavy atom. The minimum absolute atomic E-state index is 0.303. The number of thioether (sulfide) groups is 1. The van der Waals surface area contributed by atoms with Gasteiger partial charge < -0.3 is 5.32 Å². The fourth-order valence-electron chi connectivity index (χ4n) is 1.19. The summed E-state index contributed by atoms with van der Waals surface area (Å²) in [5.41, 5.74) is 0. The molecule has 0 aromatic carbocycles. The molecule has 0 unspecified atom stereocenters. The number of rotatable bonds is 7. The average Bonchev–Trinajstić information content (AvgIpc) is 2.64. The lowest BCUT2D eigenvalue weighted by molar-refractivity contribution is 0.749. The van der Waals surface area contributed by atoms with Gasteiger partial charge in [0.2, 0.25) is 0 Å². The van der Waals surface area contributed by atoms with Crippen LogP contribution in [-0.2, 0) is 0 Å². The van der Waals surface area contributed by atoms with Crippen molar-refractivity contribution < 1.29 is 0 Å². The Balaban J connectivity index is 2.20. The molecule has 6 heteroatoms. The number of anilines is 1. The minimum atomic E-state index is 0.303. The van der Waals surface area contributed by atoms with Gasteiger partial charge in [0.25, 0.3) is 0 Å². The number of thiazole rings is 1. The molecule has 1 aromatic heterocycles. The van der Waals surface area contributed by atoms with Crippen molar-refractivity contribution in [3.63, 3.8) is 0 Å². The summed E-state index contributed by atoms with van der Waals surface area (Å²) in [5.74, 6) is 1.22. The van der Waals surface area contributed by atoms with E-state index in [4.69, 9.17) is 16.9 Å². The van der Waals surface area contributed by atoms with Gasteiger partial charge in [0.05, 0.1) is 0 Å². The summed E-state index contributed by atoms with van der Waals surface area (Å²) in [6.07, 6.45) is 5.72. The van der Waals surface area contributed by atoms with E-state index in [2.05, 4.69) is 16.6 Å². The highest BCUT2D eigenvalue weighted by Gasteiger charge is 2.07. The number of nitrogens with zero attached hydrogens (tertiary/aromatic N) is 2. The molecule has 0 aliphatic carbocycles. The predicted molar refractivity (Wildman–Crippen MR) is 72.6 cm³/mol. The summed E-state index contributed by atoms with van der Waals surface area (Å²) >= 11 is 8.95. The van der Waals surface area contributed by atoms with Gasteiger partial charge in [-0.2, -0.15) is 17.0 Å². The predicted octanol–water partition coefficient (Wildman–Crippen LogP) is 3.61. The van der Waals surface area contributed by atoms with Crippen LogP contribution >= 0.6 is 34.7 Å². The van der Waals surface area contributed by atoms with Crippen LogP contribution in [0.5, 0.6) is 0 Å². The number of hydrogen-bond acceptors (Lipinski definition) is 5. The summed E-state index contributed by atoms with van der Waals surface area (Å²) in [6, 6.07) is 2.02. The number of nitriles is 1. The molecule has 0 saturated carbocycles. The number of unbranched alkanes of at least 4 members (excludes halogenated alkanes) is 2. The summed E-state index contributed by atoms with van der Waals surface area (Å²) in [6.45, 7) is 0.892. The van der Waals surface area contributed by atoms with Gasteiger partial charge in [0, 0.05) is 6.54 Å². The van der Waals surface area contributed by atoms with Gasteiger partial charge in [0.15, 0.2) is 10.3 Å². The molecule has 0 fully saturated rings. The van der Waals surface area contributed by atoms with Crippen LogP contribution in [0.2, 0.25) is 5.15 Å². The van der Waals surface area contributed by atoms with Crippen molar-refractivity contribution in [3.8, 4) is 6.07 Å². The third-order valence-corrected chi connectivity index (χ3v) is 3.99. The van der Waals surface area contributed by atoms with Crippen LogP contribution in [0.3, 0.4) is 0 Å². The van der Waals surface area contributed by atoms with Crippen LogP contribution in [0, 0.1) is 11.3 Å². The molecule has 1 heterocycles. The van der Waals surface area contributed by atoms with E-state index in [-0.39, 0.29) is 0 Å². The standard InChI is InChI=1S/C10H14ClN3S2/c1-15-6-4-2-3-5-13-10-14-9(11)8(7-12)16-10/h2-6H2,1H3,(H,13,14). The maximum atomic E-state index is 8.71. The normalized spacial score (nSPS) is 10.1. The molecule has 16 heavy (non-hydrogen) atoms. The Morgan fingerprint density at radius 1 is 1.50 bits per heavy atom. The van der Waals surface area contributed by atoms with Crippen LogP contribution in [-0.4, -0.2) is 23.5 Å². The maximum absolute atomic E-state index is 8.71. The smallest absolute Gasteiger partial charge is 0.185 e. The minimum Gasteiger partial charge on any atom is -0.361 e. The van der Waals surface area contributed by atoms with Gasteiger partial charge in [-0.25, -0.2) is 4.98 Å². The van der Waals surface area contributed by atoms with E-state index in [1.165, 1.54) is 29.9 Å². The van der Waals surface area contributed by atoms with Gasteiger partial charge in [-0.1, -0.05) is 29.4 Å². The monoisotopic (exact) mass is 275 g/mol. The first-order valence-corrected chi connectivity index (χ1v) is 7.66. The molecule has 0 bridgehead atoms. The van der Waals surface area contributed by atoms with Gasteiger partial charge in [-0.05, 0) is 24.9 Å². The van der Waals surface area contributed by atoms with E-state index >= 15 is 0 Å². The highest BCUT2D eigenvalue weighted by molar-refractivity contribution is 7.98. The molecular weight excluding hydrogens is 262 g/mol. The molecule has 0 radical (unpaired) electrons. The zero-order valence-corrected chi connectivity index (χ0v) is 11.5. The topological polar surface area (TPSA) is 48.7 Å². The first-order chi connectivity index (χ1) is 7.77. The second-order valence-corrected chi connectivity index (χ2v) is 5.57. The summed E-state index contributed by atoms with van der Waals surface area (Å²) < 4.78 is 0. The first-order valence-electron chi connectivity index (χ1n) is 5.07. The third kappa shape index (κ3) is 4.60. The molecule has 0 aliphatic heterocycles. The van der Waals surface area contributed by atoms with Crippen LogP contribution in [0.4, 0.5) is 5.13 Å². The zero-order valence-electron chi connectivity index (χ0n) is 9.12. The van der Waals surface area contributed by atoms with Crippen molar-refractivity contribution in [2.75, 3.05) is 23.9 Å². The lowest BCUT2D eigenvalue weighted by atomic mass is 10.2. The van der Waals surface area contributed by atoms with E-state index in [1.807, 2.05) is 17.8 Å². The molecule has 0 aliphatic rings. The fraction of sp³-hybridized carbons (Fsp3) is 0.600. The summed E-state index contributed by atoms with van der Waals surface area (Å²) in [5, 5.41) is 12.9. The molecule has 0 spiro atoms. The van der Waals surface area contributed by atoms with Crippen LogP contribution in [0.15, 0.2) is 0 Å². The van der Waals surface area contributed by atoms with Crippen LogP contribution in [0.1, 0.15) is 24.1 Å². The number of halogens is 1. The number of nitrogens with one attached hydrogen (secondary N) is 1. The number of hydrogen-bond donors (Lipinski definition) is 1. The molecule has 1 aromatic rings. The largest absolute Gasteiger partial charge is 0.361 e. The van der Waals surface area contributed by atoms with E-state index in [0.29, 0.717) is 10.0 Å². The number of aromatic nitrogens is 1. The van der Waals surface area contributed by atoms with Gasteiger partial charge in [-0.3, -0.25) is 0 Å². The van der Waals surface area contributed by atoms with Crippen LogP contribution < -0.4 is 5.32 Å². The second kappa shape index (κ2) is 7.77. The Kier molecular flexibility index (Phi) is 6.62. The Morgan fingerprint density at radius 3 is 2.94 bits per heavy atom. The van der Waals surface area contributed by atoms with Crippen molar-refractivity contribution in [3.05, 3.63) is 10.0 Å². The Hall–Kier alpha value is -0.440. The van der Waals surface area contributed by atoms with Gasteiger partial charge in [-0.15, -0.1) is 0 Å². The average molecular weight is 276 g/mol. The second-order valence-electron chi connectivity index (χ2n) is 3.23. The lowest BCUT2D eigenvalue weighted by Gasteiger charge is -2.01. The van der Waals surface area contributed by atoms with Crippen molar-refractivity contribution in [2.45, 2.75) is 19.3 Å². The van der Waals surface area contributed by atoms with Crippen molar-refractivity contribution in [1.82, 2.24) is 4.98 Å². The highest BCUT2D eigenvalue weighted by Crippen LogP contribution is 2.25. The first kappa shape index (κ1) is 13.6. The fourth-order valence-corrected chi connectivity index (χ4v) is 2.66. The van der Waals surface area contributed by atoms with Gasteiger partial charge in [0.1, 0.15) is 10.9 Å². The SMILES string of the molecule is CSCCCCCNc1nc(Cl)c(C#N)s1. The molecule has 0 saturated heterocycles. The van der Waals surface area contributed by atoms with E-state index in [1.54, 1.807) is 0 Å². The van der Waals surface area contributed by atoms with E-state index in [9.17, 15) is 0 Å². The summed E-state index contributed by atoms with van der Waals surface area (Å²) in [4.78, 5) is 4.54. The van der Waals surface area contributed by atoms with Crippen molar-refractivity contribution in [2.24, 2.45) is 0 Å². The lowest BCUT2D eigenvalue weighted by Crippen LogP contribution is -2.00. The highest BCUT2D eigenvalue weighted by atomic mass is 35.5. The molecule has 3 nitrogen and oxygen atoms in total. The Bertz CT molecular complexity index is 359. The molecular formula is C10H14ClN3S2. The van der Waals surface area contributed by atoms with Crippen molar-refractivity contribution in [1.29, 1.82) is 5.26 Å². The maximum Gasteiger partial charge on any atom is 0.185 e. The van der Waals surface area contributed by atoms with Crippen LogP contribution in [0.25, 0.3) is 0 Å². The molecule has 1 rings (SSSR count). The molecule has 0 atom stereocenters. The van der Waals surface area contributed by atoms with Gasteiger partial charge >= 0.3 is 0 Å². The zero-order chi connectivity index (χ0) is 11.8. The molecule has 0 amide bonds.